The first kappa shape index (κ1) is 14.3. The zero-order valence-electron chi connectivity index (χ0n) is 11.7. The summed E-state index contributed by atoms with van der Waals surface area (Å²) in [6.45, 7) is 2.27. The Morgan fingerprint density at radius 2 is 2.00 bits per heavy atom. The largest absolute Gasteiger partial charge is 0.496 e. The van der Waals surface area contributed by atoms with E-state index in [1.54, 1.807) is 19.2 Å². The van der Waals surface area contributed by atoms with Gasteiger partial charge >= 0.3 is 0 Å². The van der Waals surface area contributed by atoms with Crippen LogP contribution >= 0.6 is 0 Å². The second-order valence-corrected chi connectivity index (χ2v) is 5.52. The number of benzene rings is 1. The molecule has 1 fully saturated rings. The fraction of sp³-hybridized carbons (Fsp3) is 0.600. The van der Waals surface area contributed by atoms with Crippen LogP contribution in [-0.4, -0.2) is 7.11 Å². The number of halogens is 1. The molecule has 1 saturated carbocycles. The van der Waals surface area contributed by atoms with Crippen LogP contribution in [-0.2, 0) is 0 Å². The Morgan fingerprint density at radius 3 is 2.58 bits per heavy atom. The molecule has 3 nitrogen and oxygen atoms in total. The molecule has 4 heteroatoms. The Labute approximate surface area is 114 Å². The van der Waals surface area contributed by atoms with Crippen LogP contribution in [0.1, 0.15) is 44.2 Å². The van der Waals surface area contributed by atoms with Gasteiger partial charge in [0.05, 0.1) is 13.2 Å². The molecule has 0 amide bonds. The van der Waals surface area contributed by atoms with E-state index in [0.29, 0.717) is 17.2 Å². The average molecular weight is 266 g/mol. The summed E-state index contributed by atoms with van der Waals surface area (Å²) in [6.07, 6.45) is 4.51. The van der Waals surface area contributed by atoms with Gasteiger partial charge in [0.2, 0.25) is 0 Å². The zero-order chi connectivity index (χ0) is 13.8. The smallest absolute Gasteiger partial charge is 0.131 e. The van der Waals surface area contributed by atoms with E-state index in [0.717, 1.165) is 18.8 Å². The van der Waals surface area contributed by atoms with Gasteiger partial charge in [-0.05, 0) is 36.8 Å². The van der Waals surface area contributed by atoms with E-state index in [2.05, 4.69) is 12.3 Å². The molecule has 0 bridgehead atoms. The Bertz CT molecular complexity index is 417. The Balaban J connectivity index is 2.26. The van der Waals surface area contributed by atoms with E-state index in [1.807, 2.05) is 0 Å². The summed E-state index contributed by atoms with van der Waals surface area (Å²) < 4.78 is 19.4. The lowest BCUT2D eigenvalue weighted by Gasteiger charge is -2.33. The monoisotopic (exact) mass is 266 g/mol. The lowest BCUT2D eigenvalue weighted by molar-refractivity contribution is 0.225. The summed E-state index contributed by atoms with van der Waals surface area (Å²) in [6, 6.07) is 4.74. The van der Waals surface area contributed by atoms with Crippen LogP contribution in [0.5, 0.6) is 5.75 Å². The van der Waals surface area contributed by atoms with Crippen molar-refractivity contribution < 1.29 is 9.13 Å². The molecule has 2 rings (SSSR count). The summed E-state index contributed by atoms with van der Waals surface area (Å²) in [7, 11) is 1.56. The van der Waals surface area contributed by atoms with E-state index >= 15 is 0 Å². The minimum Gasteiger partial charge on any atom is -0.496 e. The van der Waals surface area contributed by atoms with E-state index in [9.17, 15) is 4.39 Å². The van der Waals surface area contributed by atoms with Gasteiger partial charge in [0, 0.05) is 5.56 Å². The van der Waals surface area contributed by atoms with Gasteiger partial charge in [-0.25, -0.2) is 4.39 Å². The van der Waals surface area contributed by atoms with Crippen LogP contribution in [0.25, 0.3) is 0 Å². The molecular formula is C15H23FN2O. The maximum atomic E-state index is 14.1. The van der Waals surface area contributed by atoms with Gasteiger partial charge in [-0.1, -0.05) is 25.8 Å². The van der Waals surface area contributed by atoms with Gasteiger partial charge in [-0.2, -0.15) is 0 Å². The third-order valence-electron chi connectivity index (χ3n) is 4.26. The van der Waals surface area contributed by atoms with E-state index < -0.39 is 0 Å². The Kier molecular flexibility index (Phi) is 4.77. The number of methoxy groups -OCH3 is 1. The number of nitrogens with one attached hydrogen (secondary N) is 1. The summed E-state index contributed by atoms with van der Waals surface area (Å²) in [5, 5.41) is 0. The van der Waals surface area contributed by atoms with Crippen LogP contribution < -0.4 is 16.0 Å². The van der Waals surface area contributed by atoms with Gasteiger partial charge < -0.3 is 4.74 Å². The van der Waals surface area contributed by atoms with Crippen LogP contribution in [0, 0.1) is 17.7 Å². The molecule has 19 heavy (non-hydrogen) atoms. The summed E-state index contributed by atoms with van der Waals surface area (Å²) in [5.74, 6) is 7.14. The lowest BCUT2D eigenvalue weighted by Crippen LogP contribution is -2.36. The van der Waals surface area contributed by atoms with E-state index in [-0.39, 0.29) is 11.9 Å². The highest BCUT2D eigenvalue weighted by atomic mass is 19.1. The first-order chi connectivity index (χ1) is 9.17. The van der Waals surface area contributed by atoms with Crippen molar-refractivity contribution in [3.63, 3.8) is 0 Å². The molecule has 0 saturated heterocycles. The third kappa shape index (κ3) is 3.07. The molecule has 0 radical (unpaired) electrons. The minimum absolute atomic E-state index is 0.177. The number of nitrogens with two attached hydrogens (primary N) is 1. The van der Waals surface area contributed by atoms with E-state index in [4.69, 9.17) is 10.6 Å². The van der Waals surface area contributed by atoms with Gasteiger partial charge in [-0.15, -0.1) is 0 Å². The number of hydrogen-bond acceptors (Lipinski definition) is 3. The van der Waals surface area contributed by atoms with Crippen LogP contribution in [0.15, 0.2) is 18.2 Å². The van der Waals surface area contributed by atoms with Gasteiger partial charge in [0.15, 0.2) is 0 Å². The summed E-state index contributed by atoms with van der Waals surface area (Å²) in [4.78, 5) is 0. The van der Waals surface area contributed by atoms with Crippen molar-refractivity contribution in [2.24, 2.45) is 17.7 Å². The summed E-state index contributed by atoms with van der Waals surface area (Å²) >= 11 is 0. The molecule has 1 aliphatic rings. The highest BCUT2D eigenvalue weighted by Gasteiger charge is 2.30. The highest BCUT2D eigenvalue weighted by molar-refractivity contribution is 5.37. The minimum atomic E-state index is -0.249. The first-order valence-electron chi connectivity index (χ1n) is 6.96. The second-order valence-electron chi connectivity index (χ2n) is 5.52. The molecular weight excluding hydrogens is 243 g/mol. The molecule has 0 spiro atoms. The van der Waals surface area contributed by atoms with Crippen molar-refractivity contribution in [3.05, 3.63) is 29.6 Å². The molecule has 1 atom stereocenters. The maximum Gasteiger partial charge on any atom is 0.131 e. The van der Waals surface area contributed by atoms with Crippen LogP contribution in [0.4, 0.5) is 4.39 Å². The van der Waals surface area contributed by atoms with Gasteiger partial charge in [0.1, 0.15) is 11.6 Å². The lowest BCUT2D eigenvalue weighted by atomic mass is 9.77. The molecule has 1 aliphatic carbocycles. The molecule has 0 aromatic heterocycles. The highest BCUT2D eigenvalue weighted by Crippen LogP contribution is 2.40. The number of rotatable bonds is 4. The van der Waals surface area contributed by atoms with Crippen molar-refractivity contribution in [1.29, 1.82) is 0 Å². The molecule has 1 aromatic carbocycles. The third-order valence-corrected chi connectivity index (χ3v) is 4.26. The molecule has 1 unspecified atom stereocenters. The van der Waals surface area contributed by atoms with Crippen molar-refractivity contribution in [2.75, 3.05) is 7.11 Å². The number of ether oxygens (including phenoxy) is 1. The van der Waals surface area contributed by atoms with Crippen LogP contribution in [0.3, 0.4) is 0 Å². The quantitative estimate of drug-likeness (QED) is 0.650. The standard InChI is InChI=1S/C15H23FN2O/c1-10-6-8-11(9-7-10)15(18-17)14-12(16)4-3-5-13(14)19-2/h3-5,10-11,15,18H,6-9,17H2,1-2H3. The maximum absolute atomic E-state index is 14.1. The predicted molar refractivity (Wildman–Crippen MR) is 74.1 cm³/mol. The summed E-state index contributed by atoms with van der Waals surface area (Å²) in [5.41, 5.74) is 3.36. The fourth-order valence-corrected chi connectivity index (χ4v) is 3.07. The topological polar surface area (TPSA) is 47.3 Å². The van der Waals surface area contributed by atoms with E-state index in [1.165, 1.54) is 18.9 Å². The fourth-order valence-electron chi connectivity index (χ4n) is 3.07. The van der Waals surface area contributed by atoms with Crippen LogP contribution in [0.2, 0.25) is 0 Å². The zero-order valence-corrected chi connectivity index (χ0v) is 11.7. The van der Waals surface area contributed by atoms with Gasteiger partial charge in [0.25, 0.3) is 0 Å². The second kappa shape index (κ2) is 6.35. The molecule has 1 aromatic rings. The molecule has 3 N–H and O–H groups in total. The van der Waals surface area contributed by atoms with Gasteiger partial charge in [-0.3, -0.25) is 11.3 Å². The Hall–Kier alpha value is -1.13. The SMILES string of the molecule is COc1cccc(F)c1C(NN)C1CCC(C)CC1. The normalized spacial score (nSPS) is 25.1. The average Bonchev–Trinajstić information content (AvgIpc) is 2.43. The number of hydrazine groups is 1. The first-order valence-corrected chi connectivity index (χ1v) is 6.96. The van der Waals surface area contributed by atoms with Crippen molar-refractivity contribution in [2.45, 2.75) is 38.6 Å². The molecule has 0 aliphatic heterocycles. The van der Waals surface area contributed by atoms with Crippen molar-refractivity contribution in [3.8, 4) is 5.75 Å². The van der Waals surface area contributed by atoms with Crippen molar-refractivity contribution >= 4 is 0 Å². The molecule has 106 valence electrons. The Morgan fingerprint density at radius 1 is 1.32 bits per heavy atom. The molecule has 0 heterocycles. The number of hydrogen-bond donors (Lipinski definition) is 2. The predicted octanol–water partition coefficient (Wildman–Crippen LogP) is 3.17. The van der Waals surface area contributed by atoms with Crippen molar-refractivity contribution in [1.82, 2.24) is 5.43 Å².